The van der Waals surface area contributed by atoms with E-state index in [4.69, 9.17) is 16.7 Å². The number of rotatable bonds is 3. The molecule has 1 aliphatic heterocycles. The number of carbonyl (C=O) groups is 2. The summed E-state index contributed by atoms with van der Waals surface area (Å²) >= 11 is 5.82. The molecule has 0 aliphatic carbocycles. The third-order valence-electron chi connectivity index (χ3n) is 3.32. The van der Waals surface area contributed by atoms with Crippen molar-refractivity contribution in [3.8, 4) is 0 Å². The van der Waals surface area contributed by atoms with Crippen LogP contribution >= 0.6 is 11.6 Å². The van der Waals surface area contributed by atoms with Gasteiger partial charge in [-0.1, -0.05) is 11.6 Å². The molecule has 1 aliphatic rings. The summed E-state index contributed by atoms with van der Waals surface area (Å²) in [4.78, 5) is 38.4. The van der Waals surface area contributed by atoms with Crippen LogP contribution in [0.4, 0.5) is 5.69 Å². The number of likely N-dealkylation sites (tertiary alicyclic amines) is 1. The standard InChI is InChI=1S/C12H12ClN3O5/c13-10-9(4-8(5-14-10)16(20)21)11(17)15-3-1-2-7(6-15)12(18)19/h4-5,7H,1-3,6H2,(H,18,19)/t7-/m1/s1. The maximum atomic E-state index is 12.3. The van der Waals surface area contributed by atoms with Crippen molar-refractivity contribution in [2.75, 3.05) is 13.1 Å². The molecule has 112 valence electrons. The Morgan fingerprint density at radius 2 is 2.24 bits per heavy atom. The van der Waals surface area contributed by atoms with Crippen molar-refractivity contribution in [1.29, 1.82) is 0 Å². The molecule has 1 N–H and O–H groups in total. The summed E-state index contributed by atoms with van der Waals surface area (Å²) in [7, 11) is 0. The number of halogens is 1. The predicted octanol–water partition coefficient (Wildman–Crippen LogP) is 1.58. The molecular formula is C12H12ClN3O5. The molecule has 1 amide bonds. The van der Waals surface area contributed by atoms with Crippen molar-refractivity contribution in [3.05, 3.63) is 33.1 Å². The maximum absolute atomic E-state index is 12.3. The average Bonchev–Trinajstić information content (AvgIpc) is 2.47. The van der Waals surface area contributed by atoms with Crippen LogP contribution in [0.1, 0.15) is 23.2 Å². The van der Waals surface area contributed by atoms with Crippen LogP contribution < -0.4 is 0 Å². The number of hydrogen-bond donors (Lipinski definition) is 1. The summed E-state index contributed by atoms with van der Waals surface area (Å²) < 4.78 is 0. The van der Waals surface area contributed by atoms with E-state index in [-0.39, 0.29) is 22.9 Å². The molecule has 1 saturated heterocycles. The lowest BCUT2D eigenvalue weighted by Gasteiger charge is -2.30. The van der Waals surface area contributed by atoms with Crippen LogP contribution in [-0.2, 0) is 4.79 Å². The molecule has 1 aromatic heterocycles. The second-order valence-electron chi connectivity index (χ2n) is 4.72. The summed E-state index contributed by atoms with van der Waals surface area (Å²) in [6, 6.07) is 1.06. The van der Waals surface area contributed by atoms with Gasteiger partial charge in [0.1, 0.15) is 11.3 Å². The number of carbonyl (C=O) groups excluding carboxylic acids is 1. The number of pyridine rings is 1. The third kappa shape index (κ3) is 3.27. The molecule has 1 aromatic rings. The molecule has 9 heteroatoms. The Kier molecular flexibility index (Phi) is 4.37. The summed E-state index contributed by atoms with van der Waals surface area (Å²) in [6.07, 6.45) is 2.03. The van der Waals surface area contributed by atoms with Gasteiger partial charge in [0.05, 0.1) is 16.4 Å². The number of hydrogen-bond acceptors (Lipinski definition) is 5. The molecule has 0 spiro atoms. The van der Waals surface area contributed by atoms with E-state index < -0.39 is 22.7 Å². The lowest BCUT2D eigenvalue weighted by atomic mass is 9.98. The Hall–Kier alpha value is -2.22. The van der Waals surface area contributed by atoms with E-state index in [2.05, 4.69) is 4.98 Å². The summed E-state index contributed by atoms with van der Waals surface area (Å²) in [5.41, 5.74) is -0.425. The number of aromatic nitrogens is 1. The Balaban J connectivity index is 2.25. The average molecular weight is 314 g/mol. The van der Waals surface area contributed by atoms with Crippen LogP contribution in [0.2, 0.25) is 5.15 Å². The van der Waals surface area contributed by atoms with E-state index in [1.165, 1.54) is 4.90 Å². The number of amides is 1. The van der Waals surface area contributed by atoms with E-state index in [1.807, 2.05) is 0 Å². The van der Waals surface area contributed by atoms with Gasteiger partial charge < -0.3 is 10.0 Å². The Morgan fingerprint density at radius 1 is 1.52 bits per heavy atom. The van der Waals surface area contributed by atoms with Crippen molar-refractivity contribution in [2.45, 2.75) is 12.8 Å². The van der Waals surface area contributed by atoms with Gasteiger partial charge in [0.2, 0.25) is 0 Å². The van der Waals surface area contributed by atoms with Gasteiger partial charge in [-0.15, -0.1) is 0 Å². The smallest absolute Gasteiger partial charge is 0.308 e. The first-order valence-electron chi connectivity index (χ1n) is 6.22. The Labute approximate surface area is 124 Å². The van der Waals surface area contributed by atoms with Crippen LogP contribution in [0.3, 0.4) is 0 Å². The predicted molar refractivity (Wildman–Crippen MR) is 72.2 cm³/mol. The van der Waals surface area contributed by atoms with Gasteiger partial charge in [-0.2, -0.15) is 0 Å². The maximum Gasteiger partial charge on any atom is 0.308 e. The molecule has 2 rings (SSSR count). The van der Waals surface area contributed by atoms with E-state index in [9.17, 15) is 19.7 Å². The fraction of sp³-hybridized carbons (Fsp3) is 0.417. The van der Waals surface area contributed by atoms with Crippen LogP contribution in [0.5, 0.6) is 0 Å². The van der Waals surface area contributed by atoms with Gasteiger partial charge in [-0.25, -0.2) is 4.98 Å². The van der Waals surface area contributed by atoms with Crippen molar-refractivity contribution in [1.82, 2.24) is 9.88 Å². The van der Waals surface area contributed by atoms with Crippen molar-refractivity contribution in [3.63, 3.8) is 0 Å². The minimum Gasteiger partial charge on any atom is -0.481 e. The molecule has 0 bridgehead atoms. The van der Waals surface area contributed by atoms with Crippen LogP contribution in [0, 0.1) is 16.0 Å². The van der Waals surface area contributed by atoms with Gasteiger partial charge in [-0.05, 0) is 12.8 Å². The highest BCUT2D eigenvalue weighted by atomic mass is 35.5. The summed E-state index contributed by atoms with van der Waals surface area (Å²) in [5.74, 6) is -2.13. The minimum absolute atomic E-state index is 0.0627. The van der Waals surface area contributed by atoms with E-state index in [0.717, 1.165) is 12.3 Å². The molecule has 1 fully saturated rings. The molecule has 8 nitrogen and oxygen atoms in total. The molecule has 1 atom stereocenters. The van der Waals surface area contributed by atoms with Crippen molar-refractivity contribution >= 4 is 29.2 Å². The van der Waals surface area contributed by atoms with Gasteiger partial charge in [0.15, 0.2) is 0 Å². The lowest BCUT2D eigenvalue weighted by Crippen LogP contribution is -2.42. The van der Waals surface area contributed by atoms with Crippen molar-refractivity contribution < 1.29 is 19.6 Å². The third-order valence-corrected chi connectivity index (χ3v) is 3.62. The first-order valence-corrected chi connectivity index (χ1v) is 6.60. The van der Waals surface area contributed by atoms with Gasteiger partial charge >= 0.3 is 5.97 Å². The number of carboxylic acids is 1. The van der Waals surface area contributed by atoms with Gasteiger partial charge in [0.25, 0.3) is 11.6 Å². The van der Waals surface area contributed by atoms with Crippen LogP contribution in [-0.4, -0.2) is 44.9 Å². The zero-order chi connectivity index (χ0) is 15.6. The number of nitrogens with zero attached hydrogens (tertiary/aromatic N) is 3. The van der Waals surface area contributed by atoms with Gasteiger partial charge in [0, 0.05) is 19.2 Å². The van der Waals surface area contributed by atoms with E-state index >= 15 is 0 Å². The highest BCUT2D eigenvalue weighted by Crippen LogP contribution is 2.24. The van der Waals surface area contributed by atoms with Crippen molar-refractivity contribution in [2.24, 2.45) is 5.92 Å². The Morgan fingerprint density at radius 3 is 2.86 bits per heavy atom. The zero-order valence-electron chi connectivity index (χ0n) is 10.9. The molecule has 0 saturated carbocycles. The SMILES string of the molecule is O=C(O)[C@@H]1CCCN(C(=O)c2cc([N+](=O)[O-])cnc2Cl)C1. The second-order valence-corrected chi connectivity index (χ2v) is 5.08. The molecule has 0 aromatic carbocycles. The molecule has 0 unspecified atom stereocenters. The van der Waals surface area contributed by atoms with Gasteiger partial charge in [-0.3, -0.25) is 19.7 Å². The summed E-state index contributed by atoms with van der Waals surface area (Å²) in [6.45, 7) is 0.453. The zero-order valence-corrected chi connectivity index (χ0v) is 11.6. The lowest BCUT2D eigenvalue weighted by molar-refractivity contribution is -0.385. The largest absolute Gasteiger partial charge is 0.481 e. The molecule has 0 radical (unpaired) electrons. The first-order chi connectivity index (χ1) is 9.90. The van der Waals surface area contributed by atoms with E-state index in [1.54, 1.807) is 0 Å². The van der Waals surface area contributed by atoms with Crippen LogP contribution in [0.25, 0.3) is 0 Å². The monoisotopic (exact) mass is 313 g/mol. The minimum atomic E-state index is -0.962. The first kappa shape index (κ1) is 15.2. The topological polar surface area (TPSA) is 114 Å². The summed E-state index contributed by atoms with van der Waals surface area (Å²) in [5, 5.41) is 19.6. The number of aliphatic carboxylic acids is 1. The number of nitro groups is 1. The number of carboxylic acid groups (broad SMARTS) is 1. The second kappa shape index (κ2) is 6.04. The molecule has 2 heterocycles. The van der Waals surface area contributed by atoms with Crippen LogP contribution in [0.15, 0.2) is 12.3 Å². The Bertz CT molecular complexity index is 607. The highest BCUT2D eigenvalue weighted by molar-refractivity contribution is 6.32. The van der Waals surface area contributed by atoms with E-state index in [0.29, 0.717) is 19.4 Å². The fourth-order valence-corrected chi connectivity index (χ4v) is 2.40. The molecule has 21 heavy (non-hydrogen) atoms. The highest BCUT2D eigenvalue weighted by Gasteiger charge is 2.30. The normalized spacial score (nSPS) is 18.3. The number of piperidine rings is 1. The quantitative estimate of drug-likeness (QED) is 0.515. The molecular weight excluding hydrogens is 302 g/mol. The fourth-order valence-electron chi connectivity index (χ4n) is 2.22.